The number of nitrogens with one attached hydrogen (secondary N) is 2. The molecule has 1 fully saturated rings. The van der Waals surface area contributed by atoms with Crippen LogP contribution in [0.25, 0.3) is 10.9 Å². The van der Waals surface area contributed by atoms with Crippen LogP contribution in [0.1, 0.15) is 48.3 Å². The van der Waals surface area contributed by atoms with Gasteiger partial charge in [-0.3, -0.25) is 0 Å². The molecular weight excluding hydrogens is 498 g/mol. The van der Waals surface area contributed by atoms with Gasteiger partial charge in [0.25, 0.3) is 5.92 Å². The number of alkyl halides is 5. The highest BCUT2D eigenvalue weighted by atomic mass is 31.2. The molecule has 5 nitrogen and oxygen atoms in total. The van der Waals surface area contributed by atoms with Gasteiger partial charge in [-0.05, 0) is 63.4 Å². The van der Waals surface area contributed by atoms with Crippen LogP contribution in [0.15, 0.2) is 30.3 Å². The molecule has 0 spiro atoms. The molecule has 1 atom stereocenters. The van der Waals surface area contributed by atoms with Crippen LogP contribution in [0.4, 0.5) is 33.5 Å². The highest BCUT2D eigenvalue weighted by Gasteiger charge is 2.45. The fraction of sp³-hybridized carbons (Fsp3) is 0.440. The highest BCUT2D eigenvalue weighted by molar-refractivity contribution is 7.70. The monoisotopic (exact) mass is 526 g/mol. The Morgan fingerprint density at radius 3 is 2.36 bits per heavy atom. The van der Waals surface area contributed by atoms with Crippen molar-refractivity contribution in [1.82, 2.24) is 9.97 Å². The number of fused-ring (bicyclic) bond motifs is 1. The maximum absolute atomic E-state index is 13.4. The van der Waals surface area contributed by atoms with Crippen LogP contribution >= 0.6 is 7.14 Å². The summed E-state index contributed by atoms with van der Waals surface area (Å²) in [5, 5.41) is 7.32. The number of aromatic nitrogens is 2. The van der Waals surface area contributed by atoms with Crippen LogP contribution in [-0.4, -0.2) is 35.3 Å². The quantitative estimate of drug-likeness (QED) is 0.270. The largest absolute Gasteiger partial charge is 0.416 e. The number of halogens is 5. The molecule has 11 heteroatoms. The number of hydrogen-bond donors (Lipinski definition) is 2. The van der Waals surface area contributed by atoms with Crippen LogP contribution in [0.2, 0.25) is 0 Å². The Kier molecular flexibility index (Phi) is 6.56. The Morgan fingerprint density at radius 2 is 1.78 bits per heavy atom. The average molecular weight is 526 g/mol. The SMILES string of the molecule is Cc1nc(NC(C)c2cccc(C(F)(F)F)c2C)c2cc(P(C)(C)=O)c(NC3CC(F)(F)C3)cc2n1. The van der Waals surface area contributed by atoms with Crippen LogP contribution in [0.3, 0.4) is 0 Å². The summed E-state index contributed by atoms with van der Waals surface area (Å²) < 4.78 is 80.2. The second-order valence-electron chi connectivity index (χ2n) is 9.85. The lowest BCUT2D eigenvalue weighted by atomic mass is 9.88. The zero-order valence-electron chi connectivity index (χ0n) is 20.6. The van der Waals surface area contributed by atoms with E-state index >= 15 is 0 Å². The number of rotatable bonds is 6. The first-order valence-electron chi connectivity index (χ1n) is 11.5. The van der Waals surface area contributed by atoms with Crippen molar-refractivity contribution in [3.8, 4) is 0 Å². The Balaban J connectivity index is 1.75. The van der Waals surface area contributed by atoms with Gasteiger partial charge in [0.15, 0.2) is 0 Å². The minimum absolute atomic E-state index is 0.121. The van der Waals surface area contributed by atoms with E-state index in [1.54, 1.807) is 45.4 Å². The van der Waals surface area contributed by atoms with Crippen LogP contribution < -0.4 is 15.9 Å². The lowest BCUT2D eigenvalue weighted by Crippen LogP contribution is -2.45. The summed E-state index contributed by atoms with van der Waals surface area (Å²) in [6, 6.07) is 6.45. The van der Waals surface area contributed by atoms with E-state index in [1.165, 1.54) is 13.0 Å². The lowest BCUT2D eigenvalue weighted by molar-refractivity contribution is -0.138. The van der Waals surface area contributed by atoms with E-state index in [2.05, 4.69) is 20.6 Å². The van der Waals surface area contributed by atoms with E-state index in [4.69, 9.17) is 0 Å². The Hall–Kier alpha value is -2.74. The first-order valence-corrected chi connectivity index (χ1v) is 14.1. The van der Waals surface area contributed by atoms with Gasteiger partial charge in [0.05, 0.1) is 17.1 Å². The highest BCUT2D eigenvalue weighted by Crippen LogP contribution is 2.43. The molecule has 3 aromatic rings. The molecule has 0 amide bonds. The third kappa shape index (κ3) is 5.33. The maximum atomic E-state index is 13.4. The number of anilines is 2. The van der Waals surface area contributed by atoms with Crippen molar-refractivity contribution < 1.29 is 26.5 Å². The molecule has 1 heterocycles. The van der Waals surface area contributed by atoms with Gasteiger partial charge in [0, 0.05) is 35.3 Å². The number of nitrogens with zero attached hydrogens (tertiary/aromatic N) is 2. The smallest absolute Gasteiger partial charge is 0.381 e. The molecule has 1 aliphatic rings. The van der Waals surface area contributed by atoms with Crippen molar-refractivity contribution in [1.29, 1.82) is 0 Å². The first-order chi connectivity index (χ1) is 16.5. The van der Waals surface area contributed by atoms with E-state index in [0.29, 0.717) is 39.1 Å². The molecule has 2 N–H and O–H groups in total. The molecule has 0 aliphatic heterocycles. The van der Waals surface area contributed by atoms with Crippen molar-refractivity contribution in [2.45, 2.75) is 57.8 Å². The van der Waals surface area contributed by atoms with Crippen LogP contribution in [-0.2, 0) is 10.7 Å². The third-order valence-electron chi connectivity index (χ3n) is 6.46. The summed E-state index contributed by atoms with van der Waals surface area (Å²) >= 11 is 0. The summed E-state index contributed by atoms with van der Waals surface area (Å²) in [7, 11) is -2.85. The molecule has 0 saturated heterocycles. The third-order valence-corrected chi connectivity index (χ3v) is 7.99. The molecule has 1 saturated carbocycles. The van der Waals surface area contributed by atoms with Crippen molar-refractivity contribution in [3.63, 3.8) is 0 Å². The summed E-state index contributed by atoms with van der Waals surface area (Å²) in [6.07, 6.45) is -5.07. The molecule has 194 valence electrons. The van der Waals surface area contributed by atoms with Gasteiger partial charge in [0.2, 0.25) is 0 Å². The van der Waals surface area contributed by atoms with Crippen molar-refractivity contribution in [2.75, 3.05) is 24.0 Å². The number of aryl methyl sites for hydroxylation is 1. The van der Waals surface area contributed by atoms with E-state index in [9.17, 15) is 26.5 Å². The van der Waals surface area contributed by atoms with E-state index in [-0.39, 0.29) is 18.4 Å². The van der Waals surface area contributed by atoms with Gasteiger partial charge in [0.1, 0.15) is 18.8 Å². The Labute approximate surface area is 206 Å². The summed E-state index contributed by atoms with van der Waals surface area (Å²) in [5.74, 6) is -1.90. The lowest BCUT2D eigenvalue weighted by Gasteiger charge is -2.36. The average Bonchev–Trinajstić information content (AvgIpc) is 2.70. The number of benzene rings is 2. The minimum atomic E-state index is -4.47. The van der Waals surface area contributed by atoms with Crippen molar-refractivity contribution in [2.24, 2.45) is 0 Å². The van der Waals surface area contributed by atoms with E-state index in [0.717, 1.165) is 6.07 Å². The van der Waals surface area contributed by atoms with Gasteiger partial charge in [-0.25, -0.2) is 18.7 Å². The molecule has 1 aromatic heterocycles. The summed E-state index contributed by atoms with van der Waals surface area (Å²) in [6.45, 7) is 8.04. The van der Waals surface area contributed by atoms with Gasteiger partial charge in [-0.15, -0.1) is 0 Å². The maximum Gasteiger partial charge on any atom is 0.416 e. The van der Waals surface area contributed by atoms with Gasteiger partial charge < -0.3 is 15.2 Å². The molecule has 36 heavy (non-hydrogen) atoms. The first kappa shape index (κ1) is 26.3. The molecular formula is C25H28F5N4OP. The Bertz CT molecular complexity index is 1360. The van der Waals surface area contributed by atoms with Gasteiger partial charge >= 0.3 is 6.18 Å². The van der Waals surface area contributed by atoms with E-state index < -0.39 is 36.9 Å². The zero-order valence-corrected chi connectivity index (χ0v) is 21.5. The number of hydrogen-bond acceptors (Lipinski definition) is 5. The van der Waals surface area contributed by atoms with Gasteiger partial charge in [-0.2, -0.15) is 13.2 Å². The zero-order chi connectivity index (χ0) is 26.6. The minimum Gasteiger partial charge on any atom is -0.381 e. The fourth-order valence-corrected chi connectivity index (χ4v) is 5.80. The standard InChI is InChI=1S/C25H28F5N4OP/c1-13-17(7-6-8-19(13)25(28,29)30)14(2)31-23-18-9-22(36(4,5)35)21(10-20(18)32-15(3)33-23)34-16-11-24(26,27)12-16/h6-10,14,16,34H,11-12H2,1-5H3,(H,31,32,33). The van der Waals surface area contributed by atoms with E-state index in [1.807, 2.05) is 0 Å². The molecule has 4 rings (SSSR count). The molecule has 2 aromatic carbocycles. The van der Waals surface area contributed by atoms with Crippen LogP contribution in [0, 0.1) is 13.8 Å². The van der Waals surface area contributed by atoms with Crippen molar-refractivity contribution in [3.05, 3.63) is 52.8 Å². The summed E-state index contributed by atoms with van der Waals surface area (Å²) in [4.78, 5) is 8.94. The second kappa shape index (κ2) is 8.98. The predicted octanol–water partition coefficient (Wildman–Crippen LogP) is 6.90. The fourth-order valence-electron chi connectivity index (χ4n) is 4.65. The van der Waals surface area contributed by atoms with Crippen LogP contribution in [0.5, 0.6) is 0 Å². The molecule has 1 aliphatic carbocycles. The molecule has 1 unspecified atom stereocenters. The molecule has 0 radical (unpaired) electrons. The summed E-state index contributed by atoms with van der Waals surface area (Å²) in [5.41, 5.74) is 0.882. The predicted molar refractivity (Wildman–Crippen MR) is 133 cm³/mol. The second-order valence-corrected chi connectivity index (χ2v) is 13.0. The van der Waals surface area contributed by atoms with Gasteiger partial charge in [-0.1, -0.05) is 12.1 Å². The normalized spacial score (nSPS) is 17.1. The topological polar surface area (TPSA) is 66.9 Å². The Morgan fingerprint density at radius 1 is 1.11 bits per heavy atom. The molecule has 0 bridgehead atoms. The van der Waals surface area contributed by atoms with Crippen molar-refractivity contribution >= 4 is 34.9 Å².